The van der Waals surface area contributed by atoms with Gasteiger partial charge in [0.2, 0.25) is 0 Å². The van der Waals surface area contributed by atoms with Crippen molar-refractivity contribution >= 4 is 6.29 Å². The SMILES string of the molecule is COc1ccc(F)c(OC)c1CCC=O. The molecule has 0 heterocycles. The van der Waals surface area contributed by atoms with E-state index in [1.807, 2.05) is 0 Å². The largest absolute Gasteiger partial charge is 0.496 e. The number of carbonyl (C=O) groups excluding carboxylic acids is 1. The van der Waals surface area contributed by atoms with Gasteiger partial charge in [-0.05, 0) is 18.6 Å². The maximum atomic E-state index is 13.3. The quantitative estimate of drug-likeness (QED) is 0.700. The molecule has 0 aliphatic heterocycles. The van der Waals surface area contributed by atoms with E-state index in [1.165, 1.54) is 26.4 Å². The van der Waals surface area contributed by atoms with Crippen molar-refractivity contribution in [3.8, 4) is 11.5 Å². The Hall–Kier alpha value is -1.58. The molecular formula is C11H13FO3. The number of methoxy groups -OCH3 is 2. The zero-order valence-corrected chi connectivity index (χ0v) is 8.75. The summed E-state index contributed by atoms with van der Waals surface area (Å²) < 4.78 is 23.3. The molecule has 15 heavy (non-hydrogen) atoms. The highest BCUT2D eigenvalue weighted by molar-refractivity contribution is 5.53. The standard InChI is InChI=1S/C11H13FO3/c1-14-10-6-5-9(12)11(15-2)8(10)4-3-7-13/h5-7H,3-4H2,1-2H3. The van der Waals surface area contributed by atoms with E-state index in [1.54, 1.807) is 0 Å². The van der Waals surface area contributed by atoms with Crippen LogP contribution in [-0.2, 0) is 11.2 Å². The second kappa shape index (κ2) is 5.34. The van der Waals surface area contributed by atoms with E-state index >= 15 is 0 Å². The minimum absolute atomic E-state index is 0.149. The number of halogens is 1. The second-order valence-electron chi connectivity index (χ2n) is 2.97. The van der Waals surface area contributed by atoms with Crippen molar-refractivity contribution < 1.29 is 18.7 Å². The van der Waals surface area contributed by atoms with Crippen LogP contribution in [0, 0.1) is 5.82 Å². The molecule has 1 rings (SSSR count). The Morgan fingerprint density at radius 1 is 1.33 bits per heavy atom. The topological polar surface area (TPSA) is 35.5 Å². The molecule has 0 spiro atoms. The fraction of sp³-hybridized carbons (Fsp3) is 0.364. The van der Waals surface area contributed by atoms with Crippen LogP contribution in [0.5, 0.6) is 11.5 Å². The zero-order chi connectivity index (χ0) is 11.3. The molecule has 1 aromatic rings. The summed E-state index contributed by atoms with van der Waals surface area (Å²) >= 11 is 0. The molecule has 1 aromatic carbocycles. The molecule has 0 unspecified atom stereocenters. The van der Waals surface area contributed by atoms with Crippen LogP contribution < -0.4 is 9.47 Å². The van der Waals surface area contributed by atoms with Crippen molar-refractivity contribution in [3.63, 3.8) is 0 Å². The first kappa shape index (κ1) is 11.5. The smallest absolute Gasteiger partial charge is 0.165 e. The summed E-state index contributed by atoms with van der Waals surface area (Å²) in [4.78, 5) is 10.3. The lowest BCUT2D eigenvalue weighted by Crippen LogP contribution is -1.99. The maximum absolute atomic E-state index is 13.3. The van der Waals surface area contributed by atoms with Crippen molar-refractivity contribution in [2.24, 2.45) is 0 Å². The number of hydrogen-bond acceptors (Lipinski definition) is 3. The monoisotopic (exact) mass is 212 g/mol. The Balaban J connectivity index is 3.14. The predicted octanol–water partition coefficient (Wildman–Crippen LogP) is 1.97. The van der Waals surface area contributed by atoms with E-state index in [2.05, 4.69) is 0 Å². The van der Waals surface area contributed by atoms with E-state index in [-0.39, 0.29) is 5.75 Å². The predicted molar refractivity (Wildman–Crippen MR) is 53.9 cm³/mol. The van der Waals surface area contributed by atoms with Crippen molar-refractivity contribution in [2.75, 3.05) is 14.2 Å². The van der Waals surface area contributed by atoms with Gasteiger partial charge in [0.25, 0.3) is 0 Å². The van der Waals surface area contributed by atoms with Gasteiger partial charge in [-0.3, -0.25) is 0 Å². The van der Waals surface area contributed by atoms with E-state index in [0.29, 0.717) is 24.2 Å². The van der Waals surface area contributed by atoms with Gasteiger partial charge in [0, 0.05) is 12.0 Å². The van der Waals surface area contributed by atoms with Gasteiger partial charge in [-0.1, -0.05) is 0 Å². The summed E-state index contributed by atoms with van der Waals surface area (Å²) in [6.45, 7) is 0. The highest BCUT2D eigenvalue weighted by atomic mass is 19.1. The van der Waals surface area contributed by atoms with Crippen molar-refractivity contribution in [1.82, 2.24) is 0 Å². The number of aldehydes is 1. The third-order valence-corrected chi connectivity index (χ3v) is 2.11. The summed E-state index contributed by atoms with van der Waals surface area (Å²) in [6.07, 6.45) is 1.51. The van der Waals surface area contributed by atoms with Crippen LogP contribution in [0.15, 0.2) is 12.1 Å². The minimum Gasteiger partial charge on any atom is -0.496 e. The van der Waals surface area contributed by atoms with E-state index in [0.717, 1.165) is 6.29 Å². The van der Waals surface area contributed by atoms with Crippen LogP contribution in [0.2, 0.25) is 0 Å². The Morgan fingerprint density at radius 3 is 2.60 bits per heavy atom. The van der Waals surface area contributed by atoms with Gasteiger partial charge >= 0.3 is 0 Å². The Bertz CT molecular complexity index is 350. The van der Waals surface area contributed by atoms with Crippen molar-refractivity contribution in [1.29, 1.82) is 0 Å². The normalized spacial score (nSPS) is 9.80. The molecule has 0 aliphatic rings. The molecule has 4 heteroatoms. The molecule has 0 bridgehead atoms. The van der Waals surface area contributed by atoms with Gasteiger partial charge in [0.05, 0.1) is 14.2 Å². The molecule has 0 radical (unpaired) electrons. The molecule has 0 aliphatic carbocycles. The number of benzene rings is 1. The number of ether oxygens (including phenoxy) is 2. The number of hydrogen-bond donors (Lipinski definition) is 0. The third-order valence-electron chi connectivity index (χ3n) is 2.11. The average molecular weight is 212 g/mol. The van der Waals surface area contributed by atoms with Gasteiger partial charge < -0.3 is 14.3 Å². The first-order valence-corrected chi connectivity index (χ1v) is 4.57. The van der Waals surface area contributed by atoms with Gasteiger partial charge in [-0.2, -0.15) is 0 Å². The lowest BCUT2D eigenvalue weighted by Gasteiger charge is -2.12. The van der Waals surface area contributed by atoms with E-state index < -0.39 is 5.82 Å². The summed E-state index contributed by atoms with van der Waals surface area (Å²) in [5.41, 5.74) is 0.590. The lowest BCUT2D eigenvalue weighted by molar-refractivity contribution is -0.107. The third kappa shape index (κ3) is 2.46. The molecule has 3 nitrogen and oxygen atoms in total. The van der Waals surface area contributed by atoms with Crippen LogP contribution in [0.3, 0.4) is 0 Å². The molecule has 0 fully saturated rings. The summed E-state index contributed by atoms with van der Waals surface area (Å²) in [6, 6.07) is 2.81. The molecule has 0 saturated heterocycles. The van der Waals surface area contributed by atoms with Crippen LogP contribution in [0.4, 0.5) is 4.39 Å². The Labute approximate surface area is 87.8 Å². The van der Waals surface area contributed by atoms with Gasteiger partial charge in [-0.15, -0.1) is 0 Å². The van der Waals surface area contributed by atoms with Crippen LogP contribution in [0.1, 0.15) is 12.0 Å². The molecule has 0 atom stereocenters. The molecule has 82 valence electrons. The number of carbonyl (C=O) groups is 1. The zero-order valence-electron chi connectivity index (χ0n) is 8.75. The van der Waals surface area contributed by atoms with Crippen LogP contribution in [0.25, 0.3) is 0 Å². The summed E-state index contributed by atoms with van der Waals surface area (Å²) in [5, 5.41) is 0. The first-order valence-electron chi connectivity index (χ1n) is 4.57. The van der Waals surface area contributed by atoms with Gasteiger partial charge in [0.1, 0.15) is 12.0 Å². The molecule has 0 amide bonds. The highest BCUT2D eigenvalue weighted by Crippen LogP contribution is 2.31. The van der Waals surface area contributed by atoms with Crippen LogP contribution in [-0.4, -0.2) is 20.5 Å². The Kier molecular flexibility index (Phi) is 4.09. The fourth-order valence-electron chi connectivity index (χ4n) is 1.43. The van der Waals surface area contributed by atoms with Crippen molar-refractivity contribution in [2.45, 2.75) is 12.8 Å². The lowest BCUT2D eigenvalue weighted by atomic mass is 10.1. The fourth-order valence-corrected chi connectivity index (χ4v) is 1.43. The van der Waals surface area contributed by atoms with E-state index in [4.69, 9.17) is 9.47 Å². The molecule has 0 saturated carbocycles. The molecular weight excluding hydrogens is 199 g/mol. The first-order chi connectivity index (χ1) is 7.24. The summed E-state index contributed by atoms with van der Waals surface area (Å²) in [5.74, 6) is 0.241. The van der Waals surface area contributed by atoms with Gasteiger partial charge in [0.15, 0.2) is 11.6 Å². The maximum Gasteiger partial charge on any atom is 0.165 e. The molecule has 0 N–H and O–H groups in total. The highest BCUT2D eigenvalue weighted by Gasteiger charge is 2.14. The van der Waals surface area contributed by atoms with E-state index in [9.17, 15) is 9.18 Å². The minimum atomic E-state index is -0.445. The van der Waals surface area contributed by atoms with Crippen molar-refractivity contribution in [3.05, 3.63) is 23.5 Å². The van der Waals surface area contributed by atoms with Gasteiger partial charge in [-0.25, -0.2) is 4.39 Å². The second-order valence-corrected chi connectivity index (χ2v) is 2.97. The molecule has 0 aromatic heterocycles. The average Bonchev–Trinajstić information content (AvgIpc) is 2.26. The summed E-state index contributed by atoms with van der Waals surface area (Å²) in [7, 11) is 2.89. The Morgan fingerprint density at radius 2 is 2.07 bits per heavy atom. The van der Waals surface area contributed by atoms with Crippen LogP contribution >= 0.6 is 0 Å². The number of rotatable bonds is 5.